The summed E-state index contributed by atoms with van der Waals surface area (Å²) in [4.78, 5) is 0. The summed E-state index contributed by atoms with van der Waals surface area (Å²) in [6, 6.07) is 25.0. The van der Waals surface area contributed by atoms with Gasteiger partial charge in [-0.25, -0.2) is 0 Å². The first-order valence-electron chi connectivity index (χ1n) is 4.06. The van der Waals surface area contributed by atoms with Crippen molar-refractivity contribution in [2.75, 3.05) is 0 Å². The molecule has 16 heavy (non-hydrogen) atoms. The maximum atomic E-state index is 4.49. The van der Waals surface area contributed by atoms with E-state index in [2.05, 4.69) is 67.6 Å². The van der Waals surface area contributed by atoms with Gasteiger partial charge in [0.2, 0.25) is 0 Å². The van der Waals surface area contributed by atoms with Crippen molar-refractivity contribution in [1.29, 1.82) is 0 Å². The van der Waals surface area contributed by atoms with Gasteiger partial charge in [-0.05, 0) is 0 Å². The number of benzene rings is 2. The minimum atomic E-state index is 1.88. The number of halogens is 2. The Hall–Kier alpha value is 0.345. The van der Waals surface area contributed by atoms with E-state index < -0.39 is 0 Å². The quantitative estimate of drug-likeness (QED) is 0.424. The van der Waals surface area contributed by atoms with E-state index in [9.17, 15) is 0 Å². The van der Waals surface area contributed by atoms with Crippen molar-refractivity contribution in [3.63, 3.8) is 0 Å². The van der Waals surface area contributed by atoms with Crippen LogP contribution in [0.15, 0.2) is 60.7 Å². The molecule has 0 aliphatic rings. The minimum Gasteiger partial charge on any atom is -0.184 e. The van der Waals surface area contributed by atoms with Crippen molar-refractivity contribution < 1.29 is 36.4 Å². The molecule has 2 rings (SSSR count). The van der Waals surface area contributed by atoms with Gasteiger partial charge in [0.1, 0.15) is 0 Å². The Morgan fingerprint density at radius 1 is 0.500 bits per heavy atom. The molecule has 0 nitrogen and oxygen atoms in total. The van der Waals surface area contributed by atoms with E-state index in [1.54, 1.807) is 0 Å². The molecular weight excluding hydrogens is 428 g/mol. The predicted molar refractivity (Wildman–Crippen MR) is 62.3 cm³/mol. The molecule has 4 heteroatoms. The van der Waals surface area contributed by atoms with Crippen molar-refractivity contribution in [1.82, 2.24) is 0 Å². The Morgan fingerprint density at radius 3 is 0.812 bits per heavy atom. The smallest absolute Gasteiger partial charge is 0.171 e. The molecule has 0 unspecified atom stereocenters. The first kappa shape index (κ1) is 18.7. The number of hydrogen-bond acceptors (Lipinski definition) is 0. The Kier molecular flexibility index (Phi) is 24.2. The summed E-state index contributed by atoms with van der Waals surface area (Å²) < 4.78 is 0. The summed E-state index contributed by atoms with van der Waals surface area (Å²) in [6.45, 7) is 0. The monoisotopic (exact) mass is 436 g/mol. The summed E-state index contributed by atoms with van der Waals surface area (Å²) in [5.74, 6) is 0. The van der Waals surface area contributed by atoms with E-state index in [-0.39, 0.29) is 0 Å². The third-order valence-corrected chi connectivity index (χ3v) is 1.21. The molecule has 0 heterocycles. The molecule has 2 aromatic carbocycles. The van der Waals surface area contributed by atoms with Crippen LogP contribution in [0.1, 0.15) is 0 Å². The van der Waals surface area contributed by atoms with E-state index in [0.29, 0.717) is 0 Å². The first-order chi connectivity index (χ1) is 8.00. The molecule has 92 valence electrons. The molecule has 0 amide bonds. The molecular formula is C12H10Cl2Pd2. The number of rotatable bonds is 0. The fraction of sp³-hybridized carbons (Fsp3) is 0. The van der Waals surface area contributed by atoms with Gasteiger partial charge in [0.25, 0.3) is 0 Å². The van der Waals surface area contributed by atoms with Crippen molar-refractivity contribution in [3.05, 3.63) is 72.8 Å². The largest absolute Gasteiger partial charge is 0.184 e. The molecule has 0 N–H and O–H groups in total. The van der Waals surface area contributed by atoms with Gasteiger partial charge in [-0.3, -0.25) is 0 Å². The zero-order valence-corrected chi connectivity index (χ0v) is 12.8. The summed E-state index contributed by atoms with van der Waals surface area (Å²) >= 11 is 4.44. The van der Waals surface area contributed by atoms with Gasteiger partial charge in [0.05, 0.1) is 0 Å². The van der Waals surface area contributed by atoms with Crippen LogP contribution >= 0.6 is 19.1 Å². The molecule has 0 aromatic heterocycles. The zero-order valence-electron chi connectivity index (χ0n) is 8.16. The fourth-order valence-electron chi connectivity index (χ4n) is 0.684. The molecule has 0 bridgehead atoms. The van der Waals surface area contributed by atoms with Crippen LogP contribution in [0.2, 0.25) is 0 Å². The van der Waals surface area contributed by atoms with Crippen LogP contribution in [-0.2, 0) is 36.4 Å². The molecule has 0 aliphatic heterocycles. The fourth-order valence-corrected chi connectivity index (χ4v) is 0.684. The van der Waals surface area contributed by atoms with Gasteiger partial charge in [-0.1, -0.05) is 0 Å². The summed E-state index contributed by atoms with van der Waals surface area (Å²) in [5, 5.41) is 0. The first-order valence-corrected chi connectivity index (χ1v) is 8.06. The van der Waals surface area contributed by atoms with Crippen LogP contribution in [-0.4, -0.2) is 0 Å². The van der Waals surface area contributed by atoms with Gasteiger partial charge in [0.15, 0.2) is 0 Å². The Labute approximate surface area is 127 Å². The van der Waals surface area contributed by atoms with E-state index in [0.717, 1.165) is 0 Å². The van der Waals surface area contributed by atoms with Crippen LogP contribution in [0.25, 0.3) is 0 Å². The second kappa shape index (κ2) is 20.7. The van der Waals surface area contributed by atoms with Crippen molar-refractivity contribution in [2.45, 2.75) is 0 Å². The van der Waals surface area contributed by atoms with Crippen molar-refractivity contribution >= 4 is 19.1 Å². The molecule has 0 radical (unpaired) electrons. The van der Waals surface area contributed by atoms with E-state index >= 15 is 0 Å². The molecule has 2 aromatic rings. The van der Waals surface area contributed by atoms with Crippen LogP contribution in [0.3, 0.4) is 0 Å². The van der Waals surface area contributed by atoms with Crippen LogP contribution in [0, 0.1) is 12.1 Å². The topological polar surface area (TPSA) is 0 Å². The summed E-state index contributed by atoms with van der Waals surface area (Å²) in [7, 11) is 8.98. The van der Waals surface area contributed by atoms with Crippen LogP contribution in [0.4, 0.5) is 0 Å². The zero-order chi connectivity index (χ0) is 12.5. The third kappa shape index (κ3) is 16.8. The molecule has 0 aliphatic carbocycles. The molecule has 0 saturated carbocycles. The Balaban J connectivity index is 0. The normalized spacial score (nSPS) is 6.88. The van der Waals surface area contributed by atoms with Crippen molar-refractivity contribution in [3.8, 4) is 0 Å². The average molecular weight is 438 g/mol. The van der Waals surface area contributed by atoms with Gasteiger partial charge >= 0.3 is 55.4 Å². The second-order valence-corrected chi connectivity index (χ2v) is 2.15. The van der Waals surface area contributed by atoms with Crippen LogP contribution < -0.4 is 0 Å². The van der Waals surface area contributed by atoms with Gasteiger partial charge in [-0.2, -0.15) is 72.8 Å². The van der Waals surface area contributed by atoms with Crippen molar-refractivity contribution in [2.24, 2.45) is 0 Å². The minimum absolute atomic E-state index is 1.88. The molecule has 0 spiro atoms. The maximum Gasteiger partial charge on any atom is -0.171 e. The maximum absolute atomic E-state index is 4.49. The summed E-state index contributed by atoms with van der Waals surface area (Å²) in [5.41, 5.74) is 0. The molecule has 0 atom stereocenters. The molecule has 0 fully saturated rings. The van der Waals surface area contributed by atoms with Crippen LogP contribution in [0.5, 0.6) is 0 Å². The summed E-state index contributed by atoms with van der Waals surface area (Å²) in [6.07, 6.45) is 0. The van der Waals surface area contributed by atoms with E-state index in [1.807, 2.05) is 60.7 Å². The van der Waals surface area contributed by atoms with E-state index in [4.69, 9.17) is 0 Å². The second-order valence-electron chi connectivity index (χ2n) is 2.15. The third-order valence-electron chi connectivity index (χ3n) is 1.21. The average Bonchev–Trinajstić information content (AvgIpc) is 2.48. The Morgan fingerprint density at radius 2 is 0.750 bits per heavy atom. The SMILES string of the molecule is [Cl][Pd+].[Cl][Pd+].[c-]1ccccc1.[c-]1ccccc1. The predicted octanol–water partition coefficient (Wildman–Crippen LogP) is 4.35. The Bertz CT molecular complexity index is 192. The van der Waals surface area contributed by atoms with Gasteiger partial charge in [-0.15, -0.1) is 0 Å². The van der Waals surface area contributed by atoms with E-state index in [1.165, 1.54) is 0 Å². The molecule has 0 saturated heterocycles. The number of hydrogen-bond donors (Lipinski definition) is 0. The van der Waals surface area contributed by atoms with Gasteiger partial charge < -0.3 is 0 Å². The standard InChI is InChI=1S/2C6H5.2ClH.2Pd/c2*1-2-4-6-5-3-1;;;;/h2*1-5H;2*1H;;/q2*-1;;;2*+2/p-2. The van der Waals surface area contributed by atoms with Gasteiger partial charge in [0, 0.05) is 0 Å².